The molecule has 0 aromatic carbocycles. The maximum absolute atomic E-state index is 11.9. The number of hydrogen-bond donors (Lipinski definition) is 3. The number of aliphatic imine (C=N–C) groups is 1. The summed E-state index contributed by atoms with van der Waals surface area (Å²) < 4.78 is 4.93. The molecule has 1 amide bonds. The van der Waals surface area contributed by atoms with Gasteiger partial charge in [0, 0.05) is 37.0 Å². The number of carbonyl (C=O) groups excluding carboxylic acids is 1. The molecule has 1 aromatic heterocycles. The van der Waals surface area contributed by atoms with Crippen LogP contribution in [0, 0.1) is 0 Å². The molecule has 0 bridgehead atoms. The highest BCUT2D eigenvalue weighted by Crippen LogP contribution is 2.41. The van der Waals surface area contributed by atoms with Crippen molar-refractivity contribution < 1.29 is 9.53 Å². The average molecular weight is 508 g/mol. The molecular formula is C19H33IN4O2S. The monoisotopic (exact) mass is 508 g/mol. The van der Waals surface area contributed by atoms with E-state index in [4.69, 9.17) is 4.74 Å². The van der Waals surface area contributed by atoms with E-state index in [0.29, 0.717) is 19.1 Å². The first-order chi connectivity index (χ1) is 12.7. The first kappa shape index (κ1) is 24.2. The Kier molecular flexibility index (Phi) is 11.9. The zero-order chi connectivity index (χ0) is 18.7. The van der Waals surface area contributed by atoms with Gasteiger partial charge in [0.2, 0.25) is 5.91 Å². The lowest BCUT2D eigenvalue weighted by Crippen LogP contribution is -2.46. The number of thiophene rings is 1. The van der Waals surface area contributed by atoms with Gasteiger partial charge in [-0.1, -0.05) is 25.3 Å². The Bertz CT molecular complexity index is 560. The molecule has 1 aromatic rings. The molecule has 154 valence electrons. The molecule has 1 fully saturated rings. The van der Waals surface area contributed by atoms with Gasteiger partial charge in [-0.25, -0.2) is 4.99 Å². The SMILES string of the molecule is CCNC(=NCC(=O)NCCOC)NCC1(c2cccs2)CCCCC1.I. The van der Waals surface area contributed by atoms with E-state index in [1.807, 2.05) is 18.3 Å². The molecule has 27 heavy (non-hydrogen) atoms. The van der Waals surface area contributed by atoms with Crippen molar-refractivity contribution in [1.29, 1.82) is 0 Å². The van der Waals surface area contributed by atoms with Crippen molar-refractivity contribution in [2.75, 3.05) is 39.9 Å². The predicted octanol–water partition coefficient (Wildman–Crippen LogP) is 2.89. The largest absolute Gasteiger partial charge is 0.383 e. The number of nitrogens with zero attached hydrogens (tertiary/aromatic N) is 1. The van der Waals surface area contributed by atoms with Gasteiger partial charge in [0.15, 0.2) is 5.96 Å². The number of halogens is 1. The number of rotatable bonds is 9. The van der Waals surface area contributed by atoms with Gasteiger partial charge in [-0.05, 0) is 31.2 Å². The van der Waals surface area contributed by atoms with Crippen molar-refractivity contribution in [3.63, 3.8) is 0 Å². The summed E-state index contributed by atoms with van der Waals surface area (Å²) in [5.41, 5.74) is 0.184. The molecule has 6 nitrogen and oxygen atoms in total. The van der Waals surface area contributed by atoms with Gasteiger partial charge in [0.1, 0.15) is 6.54 Å². The molecule has 1 aliphatic carbocycles. The summed E-state index contributed by atoms with van der Waals surface area (Å²) in [4.78, 5) is 17.7. The van der Waals surface area contributed by atoms with Crippen LogP contribution in [0.5, 0.6) is 0 Å². The van der Waals surface area contributed by atoms with E-state index in [1.54, 1.807) is 7.11 Å². The van der Waals surface area contributed by atoms with E-state index < -0.39 is 0 Å². The van der Waals surface area contributed by atoms with Crippen LogP contribution in [0.15, 0.2) is 22.5 Å². The van der Waals surface area contributed by atoms with Crippen LogP contribution < -0.4 is 16.0 Å². The molecule has 0 saturated heterocycles. The van der Waals surface area contributed by atoms with Gasteiger partial charge in [0.05, 0.1) is 6.61 Å². The third-order valence-electron chi connectivity index (χ3n) is 4.80. The lowest BCUT2D eigenvalue weighted by Gasteiger charge is -2.37. The summed E-state index contributed by atoms with van der Waals surface area (Å²) in [5.74, 6) is 0.612. The Labute approximate surface area is 184 Å². The number of amides is 1. The molecule has 0 spiro atoms. The van der Waals surface area contributed by atoms with Crippen LogP contribution in [-0.4, -0.2) is 51.8 Å². The van der Waals surface area contributed by atoms with Crippen molar-refractivity contribution in [3.05, 3.63) is 22.4 Å². The van der Waals surface area contributed by atoms with Crippen molar-refractivity contribution in [3.8, 4) is 0 Å². The smallest absolute Gasteiger partial charge is 0.241 e. The van der Waals surface area contributed by atoms with Crippen LogP contribution in [0.1, 0.15) is 43.9 Å². The molecule has 0 aliphatic heterocycles. The fourth-order valence-electron chi connectivity index (χ4n) is 3.41. The Morgan fingerprint density at radius 3 is 2.67 bits per heavy atom. The second-order valence-electron chi connectivity index (χ2n) is 6.71. The number of nitrogens with one attached hydrogen (secondary N) is 3. The molecule has 3 N–H and O–H groups in total. The minimum Gasteiger partial charge on any atom is -0.383 e. The number of carbonyl (C=O) groups is 1. The Hall–Kier alpha value is -0.870. The van der Waals surface area contributed by atoms with Gasteiger partial charge >= 0.3 is 0 Å². The summed E-state index contributed by atoms with van der Waals surface area (Å²) in [5, 5.41) is 11.7. The van der Waals surface area contributed by atoms with Gasteiger partial charge in [0.25, 0.3) is 0 Å². The van der Waals surface area contributed by atoms with Gasteiger partial charge < -0.3 is 20.7 Å². The van der Waals surface area contributed by atoms with E-state index in [2.05, 4.69) is 38.5 Å². The molecule has 0 radical (unpaired) electrons. The van der Waals surface area contributed by atoms with Crippen LogP contribution >= 0.6 is 35.3 Å². The Morgan fingerprint density at radius 2 is 2.04 bits per heavy atom. The summed E-state index contributed by atoms with van der Waals surface area (Å²) in [7, 11) is 1.62. The van der Waals surface area contributed by atoms with Crippen molar-refractivity contribution in [1.82, 2.24) is 16.0 Å². The highest BCUT2D eigenvalue weighted by Gasteiger charge is 2.34. The van der Waals surface area contributed by atoms with Crippen LogP contribution in [0.3, 0.4) is 0 Å². The van der Waals surface area contributed by atoms with Crippen molar-refractivity contribution >= 4 is 47.2 Å². The predicted molar refractivity (Wildman–Crippen MR) is 123 cm³/mol. The van der Waals surface area contributed by atoms with Crippen molar-refractivity contribution in [2.24, 2.45) is 4.99 Å². The number of hydrogen-bond acceptors (Lipinski definition) is 4. The van der Waals surface area contributed by atoms with Gasteiger partial charge in [-0.3, -0.25) is 4.79 Å². The summed E-state index contributed by atoms with van der Waals surface area (Å²) in [6, 6.07) is 4.39. The summed E-state index contributed by atoms with van der Waals surface area (Å²) in [6.07, 6.45) is 6.28. The molecule has 8 heteroatoms. The number of ether oxygens (including phenoxy) is 1. The number of guanidine groups is 1. The minimum atomic E-state index is -0.0927. The lowest BCUT2D eigenvalue weighted by atomic mass is 9.73. The first-order valence-corrected chi connectivity index (χ1v) is 10.4. The molecule has 1 aliphatic rings. The maximum atomic E-state index is 11.9. The zero-order valence-corrected chi connectivity index (χ0v) is 19.5. The summed E-state index contributed by atoms with van der Waals surface area (Å²) in [6.45, 7) is 4.79. The normalized spacial score (nSPS) is 16.3. The highest BCUT2D eigenvalue weighted by atomic mass is 127. The van der Waals surface area contributed by atoms with E-state index >= 15 is 0 Å². The molecule has 0 unspecified atom stereocenters. The Morgan fingerprint density at radius 1 is 1.26 bits per heavy atom. The summed E-state index contributed by atoms with van der Waals surface area (Å²) >= 11 is 1.85. The Balaban J connectivity index is 0.00000364. The zero-order valence-electron chi connectivity index (χ0n) is 16.4. The van der Waals surface area contributed by atoms with Crippen LogP contribution in [0.25, 0.3) is 0 Å². The molecular weight excluding hydrogens is 475 g/mol. The second-order valence-corrected chi connectivity index (χ2v) is 7.66. The molecule has 0 atom stereocenters. The quantitative estimate of drug-likeness (QED) is 0.208. The van der Waals surface area contributed by atoms with Crippen LogP contribution in [0.4, 0.5) is 0 Å². The molecule has 1 heterocycles. The van der Waals surface area contributed by atoms with E-state index in [-0.39, 0.29) is 41.8 Å². The van der Waals surface area contributed by atoms with Crippen LogP contribution in [-0.2, 0) is 14.9 Å². The third-order valence-corrected chi connectivity index (χ3v) is 5.92. The van der Waals surface area contributed by atoms with E-state index in [1.165, 1.54) is 37.0 Å². The average Bonchev–Trinajstić information content (AvgIpc) is 3.20. The van der Waals surface area contributed by atoms with E-state index in [9.17, 15) is 4.79 Å². The topological polar surface area (TPSA) is 74.8 Å². The first-order valence-electron chi connectivity index (χ1n) is 9.52. The van der Waals surface area contributed by atoms with Gasteiger partial charge in [-0.15, -0.1) is 35.3 Å². The fourth-order valence-corrected chi connectivity index (χ4v) is 4.40. The fraction of sp³-hybridized carbons (Fsp3) is 0.684. The second kappa shape index (κ2) is 13.3. The van der Waals surface area contributed by atoms with Crippen LogP contribution in [0.2, 0.25) is 0 Å². The maximum Gasteiger partial charge on any atom is 0.241 e. The lowest BCUT2D eigenvalue weighted by molar-refractivity contribution is -0.119. The third kappa shape index (κ3) is 7.95. The standard InChI is InChI=1S/C19H32N4O2S.HI/c1-3-20-18(22-14-17(24)21-11-12-25-2)23-15-19(9-5-4-6-10-19)16-8-7-13-26-16;/h7-8,13H,3-6,9-12,14-15H2,1-2H3,(H,21,24)(H2,20,22,23);1H. The molecule has 2 rings (SSSR count). The van der Waals surface area contributed by atoms with Crippen molar-refractivity contribution in [2.45, 2.75) is 44.4 Å². The highest BCUT2D eigenvalue weighted by molar-refractivity contribution is 14.0. The molecule has 1 saturated carbocycles. The number of methoxy groups -OCH3 is 1. The van der Waals surface area contributed by atoms with E-state index in [0.717, 1.165) is 13.1 Å². The minimum absolute atomic E-state index is 0. The van der Waals surface area contributed by atoms with Gasteiger partial charge in [-0.2, -0.15) is 0 Å².